The maximum atomic E-state index is 11.4. The number of rotatable bonds is 5. The SMILES string of the molecule is NCCCNc1cc(C(N)=O)c2ccccc2n1. The second-order valence-electron chi connectivity index (χ2n) is 4.01. The molecule has 0 radical (unpaired) electrons. The highest BCUT2D eigenvalue weighted by Crippen LogP contribution is 2.20. The van der Waals surface area contributed by atoms with Gasteiger partial charge in [0, 0.05) is 11.9 Å². The molecule has 18 heavy (non-hydrogen) atoms. The van der Waals surface area contributed by atoms with Gasteiger partial charge < -0.3 is 16.8 Å². The zero-order valence-corrected chi connectivity index (χ0v) is 10.0. The Hall–Kier alpha value is -2.14. The van der Waals surface area contributed by atoms with E-state index in [1.54, 1.807) is 6.07 Å². The first-order valence-electron chi connectivity index (χ1n) is 5.86. The Balaban J connectivity index is 2.41. The molecule has 5 heteroatoms. The van der Waals surface area contributed by atoms with Crippen molar-refractivity contribution in [1.29, 1.82) is 0 Å². The lowest BCUT2D eigenvalue weighted by molar-refractivity contribution is 0.100. The van der Waals surface area contributed by atoms with Gasteiger partial charge in [0.05, 0.1) is 11.1 Å². The highest BCUT2D eigenvalue weighted by Gasteiger charge is 2.09. The third-order valence-electron chi connectivity index (χ3n) is 2.67. The van der Waals surface area contributed by atoms with Crippen LogP contribution < -0.4 is 16.8 Å². The van der Waals surface area contributed by atoms with Gasteiger partial charge in [-0.3, -0.25) is 4.79 Å². The van der Waals surface area contributed by atoms with Crippen LogP contribution in [-0.2, 0) is 0 Å². The summed E-state index contributed by atoms with van der Waals surface area (Å²) >= 11 is 0. The highest BCUT2D eigenvalue weighted by molar-refractivity contribution is 6.06. The van der Waals surface area contributed by atoms with Gasteiger partial charge in [0.15, 0.2) is 0 Å². The van der Waals surface area contributed by atoms with E-state index in [2.05, 4.69) is 10.3 Å². The monoisotopic (exact) mass is 244 g/mol. The molecular weight excluding hydrogens is 228 g/mol. The van der Waals surface area contributed by atoms with Crippen molar-refractivity contribution < 1.29 is 4.79 Å². The van der Waals surface area contributed by atoms with E-state index < -0.39 is 5.91 Å². The van der Waals surface area contributed by atoms with Gasteiger partial charge in [-0.25, -0.2) is 4.98 Å². The number of hydrogen-bond acceptors (Lipinski definition) is 4. The molecule has 1 heterocycles. The first-order chi connectivity index (χ1) is 8.72. The first-order valence-corrected chi connectivity index (χ1v) is 5.86. The van der Waals surface area contributed by atoms with E-state index >= 15 is 0 Å². The van der Waals surface area contributed by atoms with Crippen LogP contribution in [-0.4, -0.2) is 24.0 Å². The third kappa shape index (κ3) is 2.57. The van der Waals surface area contributed by atoms with Crippen LogP contribution >= 0.6 is 0 Å². The predicted octanol–water partition coefficient (Wildman–Crippen LogP) is 1.09. The summed E-state index contributed by atoms with van der Waals surface area (Å²) in [5.41, 5.74) is 12.1. The zero-order valence-electron chi connectivity index (χ0n) is 10.0. The van der Waals surface area contributed by atoms with Crippen molar-refractivity contribution in [3.63, 3.8) is 0 Å². The largest absolute Gasteiger partial charge is 0.370 e. The van der Waals surface area contributed by atoms with E-state index in [4.69, 9.17) is 11.5 Å². The number of amides is 1. The summed E-state index contributed by atoms with van der Waals surface area (Å²) in [7, 11) is 0. The molecule has 5 N–H and O–H groups in total. The number of pyridine rings is 1. The lowest BCUT2D eigenvalue weighted by Crippen LogP contribution is -2.14. The topological polar surface area (TPSA) is 94.0 Å². The lowest BCUT2D eigenvalue weighted by atomic mass is 10.1. The Morgan fingerprint density at radius 2 is 2.11 bits per heavy atom. The number of nitrogens with one attached hydrogen (secondary N) is 1. The number of nitrogens with zero attached hydrogens (tertiary/aromatic N) is 1. The molecule has 5 nitrogen and oxygen atoms in total. The average molecular weight is 244 g/mol. The summed E-state index contributed by atoms with van der Waals surface area (Å²) in [6, 6.07) is 9.12. The van der Waals surface area contributed by atoms with Crippen LogP contribution in [0.4, 0.5) is 5.82 Å². The summed E-state index contributed by atoms with van der Waals surface area (Å²) in [6.07, 6.45) is 0.848. The van der Waals surface area contributed by atoms with Crippen LogP contribution in [0, 0.1) is 0 Å². The van der Waals surface area contributed by atoms with E-state index in [0.717, 1.165) is 23.9 Å². The number of hydrogen-bond donors (Lipinski definition) is 3. The van der Waals surface area contributed by atoms with Crippen molar-refractivity contribution in [2.45, 2.75) is 6.42 Å². The van der Waals surface area contributed by atoms with Crippen molar-refractivity contribution in [2.24, 2.45) is 11.5 Å². The van der Waals surface area contributed by atoms with Crippen LogP contribution in [0.25, 0.3) is 10.9 Å². The summed E-state index contributed by atoms with van der Waals surface area (Å²) in [4.78, 5) is 15.9. The smallest absolute Gasteiger partial charge is 0.249 e. The summed E-state index contributed by atoms with van der Waals surface area (Å²) in [6.45, 7) is 1.34. The van der Waals surface area contributed by atoms with Gasteiger partial charge in [0.25, 0.3) is 0 Å². The number of carbonyl (C=O) groups is 1. The Labute approximate surface area is 105 Å². The second kappa shape index (κ2) is 5.46. The molecule has 0 atom stereocenters. The van der Waals surface area contributed by atoms with E-state index in [-0.39, 0.29) is 0 Å². The fraction of sp³-hybridized carbons (Fsp3) is 0.231. The van der Waals surface area contributed by atoms with Crippen molar-refractivity contribution >= 4 is 22.6 Å². The van der Waals surface area contributed by atoms with Gasteiger partial charge in [-0.2, -0.15) is 0 Å². The Morgan fingerprint density at radius 1 is 1.33 bits per heavy atom. The highest BCUT2D eigenvalue weighted by atomic mass is 16.1. The molecule has 0 saturated carbocycles. The van der Waals surface area contributed by atoms with E-state index in [9.17, 15) is 4.79 Å². The number of anilines is 1. The van der Waals surface area contributed by atoms with Gasteiger partial charge in [-0.15, -0.1) is 0 Å². The maximum absolute atomic E-state index is 11.4. The normalized spacial score (nSPS) is 10.5. The fourth-order valence-corrected chi connectivity index (χ4v) is 1.79. The Bertz CT molecular complexity index is 568. The predicted molar refractivity (Wildman–Crippen MR) is 72.4 cm³/mol. The van der Waals surface area contributed by atoms with E-state index in [1.165, 1.54) is 0 Å². The van der Waals surface area contributed by atoms with E-state index in [0.29, 0.717) is 17.9 Å². The standard InChI is InChI=1S/C13H16N4O/c14-6-3-7-16-12-8-10(13(15)18)9-4-1-2-5-11(9)17-12/h1-2,4-5,8H,3,6-7,14H2,(H2,15,18)(H,16,17). The van der Waals surface area contributed by atoms with Crippen molar-refractivity contribution in [3.8, 4) is 0 Å². The maximum Gasteiger partial charge on any atom is 0.249 e. The number of primary amides is 1. The minimum atomic E-state index is -0.449. The number of carbonyl (C=O) groups excluding carboxylic acids is 1. The first kappa shape index (κ1) is 12.3. The van der Waals surface area contributed by atoms with Crippen LogP contribution in [0.2, 0.25) is 0 Å². The van der Waals surface area contributed by atoms with Crippen LogP contribution in [0.15, 0.2) is 30.3 Å². The molecule has 2 aromatic rings. The minimum Gasteiger partial charge on any atom is -0.370 e. The number of benzene rings is 1. The number of para-hydroxylation sites is 1. The fourth-order valence-electron chi connectivity index (χ4n) is 1.79. The molecule has 0 aliphatic heterocycles. The van der Waals surface area contributed by atoms with Crippen LogP contribution in [0.5, 0.6) is 0 Å². The van der Waals surface area contributed by atoms with Gasteiger partial charge in [0.1, 0.15) is 5.82 Å². The summed E-state index contributed by atoms with van der Waals surface area (Å²) in [5.74, 6) is 0.200. The van der Waals surface area contributed by atoms with Gasteiger partial charge in [-0.1, -0.05) is 18.2 Å². The molecule has 2 rings (SSSR count). The molecule has 0 bridgehead atoms. The molecule has 0 unspecified atom stereocenters. The van der Waals surface area contributed by atoms with Crippen molar-refractivity contribution in [1.82, 2.24) is 4.98 Å². The van der Waals surface area contributed by atoms with Gasteiger partial charge >= 0.3 is 0 Å². The number of fused-ring (bicyclic) bond motifs is 1. The molecule has 1 amide bonds. The third-order valence-corrected chi connectivity index (χ3v) is 2.67. The van der Waals surface area contributed by atoms with Crippen molar-refractivity contribution in [2.75, 3.05) is 18.4 Å². The van der Waals surface area contributed by atoms with Crippen LogP contribution in [0.3, 0.4) is 0 Å². The van der Waals surface area contributed by atoms with Crippen LogP contribution in [0.1, 0.15) is 16.8 Å². The van der Waals surface area contributed by atoms with E-state index in [1.807, 2.05) is 24.3 Å². The average Bonchev–Trinajstić information content (AvgIpc) is 2.38. The lowest BCUT2D eigenvalue weighted by Gasteiger charge is -2.09. The summed E-state index contributed by atoms with van der Waals surface area (Å²) < 4.78 is 0. The molecular formula is C13H16N4O. The van der Waals surface area contributed by atoms with Gasteiger partial charge in [0.2, 0.25) is 5.91 Å². The summed E-state index contributed by atoms with van der Waals surface area (Å²) in [5, 5.41) is 3.91. The molecule has 94 valence electrons. The molecule has 0 aliphatic carbocycles. The van der Waals surface area contributed by atoms with Crippen molar-refractivity contribution in [3.05, 3.63) is 35.9 Å². The van der Waals surface area contributed by atoms with Gasteiger partial charge in [-0.05, 0) is 25.1 Å². The zero-order chi connectivity index (χ0) is 13.0. The molecule has 0 aliphatic rings. The number of nitrogens with two attached hydrogens (primary N) is 2. The molecule has 0 spiro atoms. The molecule has 1 aromatic carbocycles. The minimum absolute atomic E-state index is 0.449. The quantitative estimate of drug-likeness (QED) is 0.686. The number of aromatic nitrogens is 1. The molecule has 0 fully saturated rings. The molecule has 1 aromatic heterocycles. The molecule has 0 saturated heterocycles. The second-order valence-corrected chi connectivity index (χ2v) is 4.01. The Kier molecular flexibility index (Phi) is 3.74. The Morgan fingerprint density at radius 3 is 2.83 bits per heavy atom.